The number of halogens is 1. The second-order valence-corrected chi connectivity index (χ2v) is 3.29. The number of amides is 1. The van der Waals surface area contributed by atoms with Gasteiger partial charge in [-0.25, -0.2) is 9.97 Å². The molecule has 16 heavy (non-hydrogen) atoms. The van der Waals surface area contributed by atoms with Crippen LogP contribution < -0.4 is 5.32 Å². The summed E-state index contributed by atoms with van der Waals surface area (Å²) in [6.07, 6.45) is 5.84. The average molecular weight is 235 g/mol. The van der Waals surface area contributed by atoms with Crippen molar-refractivity contribution in [2.45, 2.75) is 0 Å². The van der Waals surface area contributed by atoms with Crippen molar-refractivity contribution in [2.24, 2.45) is 0 Å². The Labute approximate surface area is 96.5 Å². The Morgan fingerprint density at radius 1 is 1.25 bits per heavy atom. The number of hydrogen-bond donors (Lipinski definition) is 1. The Morgan fingerprint density at radius 2 is 2.12 bits per heavy atom. The molecule has 5 nitrogen and oxygen atoms in total. The first-order valence-corrected chi connectivity index (χ1v) is 4.83. The van der Waals surface area contributed by atoms with Crippen LogP contribution in [0.1, 0.15) is 10.5 Å². The minimum atomic E-state index is -0.395. The standard InChI is InChI=1S/C10H7ClN4O/c11-7-2-1-3-14-9(7)15-10(16)8-6-12-4-5-13-8/h1-6H,(H,14,15,16). The van der Waals surface area contributed by atoms with Gasteiger partial charge in [0, 0.05) is 18.6 Å². The van der Waals surface area contributed by atoms with E-state index in [0.29, 0.717) is 10.8 Å². The molecule has 2 rings (SSSR count). The fraction of sp³-hybridized carbons (Fsp3) is 0. The normalized spacial score (nSPS) is 9.81. The second-order valence-electron chi connectivity index (χ2n) is 2.88. The van der Waals surface area contributed by atoms with E-state index in [1.165, 1.54) is 24.8 Å². The zero-order chi connectivity index (χ0) is 11.4. The molecule has 6 heteroatoms. The van der Waals surface area contributed by atoms with Crippen LogP contribution in [0.15, 0.2) is 36.9 Å². The number of nitrogens with zero attached hydrogens (tertiary/aromatic N) is 3. The van der Waals surface area contributed by atoms with E-state index in [9.17, 15) is 4.79 Å². The Kier molecular flexibility index (Phi) is 3.07. The molecule has 2 aromatic heterocycles. The average Bonchev–Trinajstić information content (AvgIpc) is 2.33. The van der Waals surface area contributed by atoms with Crippen LogP contribution in [0.25, 0.3) is 0 Å². The summed E-state index contributed by atoms with van der Waals surface area (Å²) in [5.74, 6) is -0.0893. The van der Waals surface area contributed by atoms with E-state index in [2.05, 4.69) is 20.3 Å². The molecule has 1 N–H and O–H groups in total. The van der Waals surface area contributed by atoms with Gasteiger partial charge in [0.15, 0.2) is 5.82 Å². The lowest BCUT2D eigenvalue weighted by molar-refractivity contribution is 0.102. The highest BCUT2D eigenvalue weighted by Gasteiger charge is 2.09. The van der Waals surface area contributed by atoms with Crippen molar-refractivity contribution in [3.8, 4) is 0 Å². The smallest absolute Gasteiger partial charge is 0.277 e. The Morgan fingerprint density at radius 3 is 2.81 bits per heavy atom. The van der Waals surface area contributed by atoms with Crippen LogP contribution >= 0.6 is 11.6 Å². The van der Waals surface area contributed by atoms with Crippen molar-refractivity contribution in [1.29, 1.82) is 0 Å². The predicted molar refractivity (Wildman–Crippen MR) is 59.2 cm³/mol. The lowest BCUT2D eigenvalue weighted by atomic mass is 10.4. The lowest BCUT2D eigenvalue weighted by Gasteiger charge is -2.04. The van der Waals surface area contributed by atoms with E-state index < -0.39 is 5.91 Å². The van der Waals surface area contributed by atoms with E-state index in [1.807, 2.05) is 0 Å². The van der Waals surface area contributed by atoms with Gasteiger partial charge < -0.3 is 5.32 Å². The largest absolute Gasteiger partial charge is 0.304 e. The molecule has 0 spiro atoms. The van der Waals surface area contributed by atoms with Crippen molar-refractivity contribution >= 4 is 23.3 Å². The molecule has 0 saturated heterocycles. The number of anilines is 1. The third-order valence-electron chi connectivity index (χ3n) is 1.79. The number of hydrogen-bond acceptors (Lipinski definition) is 4. The summed E-state index contributed by atoms with van der Waals surface area (Å²) in [5, 5.41) is 2.92. The van der Waals surface area contributed by atoms with Gasteiger partial charge in [0.2, 0.25) is 0 Å². The van der Waals surface area contributed by atoms with Gasteiger partial charge in [-0.3, -0.25) is 9.78 Å². The quantitative estimate of drug-likeness (QED) is 0.860. The van der Waals surface area contributed by atoms with Crippen LogP contribution in [0.4, 0.5) is 5.82 Å². The molecule has 0 aromatic carbocycles. The highest BCUT2D eigenvalue weighted by atomic mass is 35.5. The summed E-state index contributed by atoms with van der Waals surface area (Å²) < 4.78 is 0. The van der Waals surface area contributed by atoms with Gasteiger partial charge in [-0.05, 0) is 12.1 Å². The number of nitrogens with one attached hydrogen (secondary N) is 1. The van der Waals surface area contributed by atoms with Crippen molar-refractivity contribution in [2.75, 3.05) is 5.32 Å². The maximum atomic E-state index is 11.7. The maximum absolute atomic E-state index is 11.7. The zero-order valence-corrected chi connectivity index (χ0v) is 8.85. The molecular weight excluding hydrogens is 228 g/mol. The Hall–Kier alpha value is -2.01. The molecule has 0 saturated carbocycles. The van der Waals surface area contributed by atoms with Crippen molar-refractivity contribution in [3.05, 3.63) is 47.6 Å². The summed E-state index contributed by atoms with van der Waals surface area (Å²) in [7, 11) is 0. The fourth-order valence-corrected chi connectivity index (χ4v) is 1.23. The summed E-state index contributed by atoms with van der Waals surface area (Å²) in [5.41, 5.74) is 0.212. The van der Waals surface area contributed by atoms with Gasteiger partial charge in [0.1, 0.15) is 5.69 Å². The van der Waals surface area contributed by atoms with E-state index in [-0.39, 0.29) is 5.69 Å². The van der Waals surface area contributed by atoms with Crippen molar-refractivity contribution in [1.82, 2.24) is 15.0 Å². The van der Waals surface area contributed by atoms with Gasteiger partial charge in [-0.2, -0.15) is 0 Å². The molecule has 2 heterocycles. The SMILES string of the molecule is O=C(Nc1ncccc1Cl)c1cnccn1. The molecule has 0 atom stereocenters. The minimum absolute atomic E-state index is 0.212. The number of aromatic nitrogens is 3. The van der Waals surface area contributed by atoms with Crippen LogP contribution in [0.2, 0.25) is 5.02 Å². The van der Waals surface area contributed by atoms with Gasteiger partial charge in [0.05, 0.1) is 11.2 Å². The van der Waals surface area contributed by atoms with E-state index in [4.69, 9.17) is 11.6 Å². The molecule has 2 aromatic rings. The first-order chi connectivity index (χ1) is 7.77. The molecule has 0 fully saturated rings. The van der Waals surface area contributed by atoms with E-state index in [0.717, 1.165) is 0 Å². The Bertz CT molecular complexity index is 503. The van der Waals surface area contributed by atoms with E-state index >= 15 is 0 Å². The number of rotatable bonds is 2. The number of pyridine rings is 1. The van der Waals surface area contributed by atoms with Gasteiger partial charge >= 0.3 is 0 Å². The molecule has 1 amide bonds. The third-order valence-corrected chi connectivity index (χ3v) is 2.09. The van der Waals surface area contributed by atoms with Crippen LogP contribution in [0.3, 0.4) is 0 Å². The topological polar surface area (TPSA) is 67.8 Å². The van der Waals surface area contributed by atoms with Crippen LogP contribution in [0, 0.1) is 0 Å². The lowest BCUT2D eigenvalue weighted by Crippen LogP contribution is -2.14. The van der Waals surface area contributed by atoms with Gasteiger partial charge in [-0.1, -0.05) is 11.6 Å². The maximum Gasteiger partial charge on any atom is 0.277 e. The van der Waals surface area contributed by atoms with Crippen molar-refractivity contribution < 1.29 is 4.79 Å². The summed E-state index contributed by atoms with van der Waals surface area (Å²) in [4.78, 5) is 23.2. The van der Waals surface area contributed by atoms with Crippen LogP contribution in [0.5, 0.6) is 0 Å². The molecule has 0 bridgehead atoms. The first kappa shape index (κ1) is 10.5. The molecule has 0 radical (unpaired) electrons. The molecular formula is C10H7ClN4O. The molecule has 0 aliphatic rings. The highest BCUT2D eigenvalue weighted by Crippen LogP contribution is 2.17. The second kappa shape index (κ2) is 4.67. The summed E-state index contributed by atoms with van der Waals surface area (Å²) in [6.45, 7) is 0. The third kappa shape index (κ3) is 2.32. The van der Waals surface area contributed by atoms with Gasteiger partial charge in [-0.15, -0.1) is 0 Å². The number of carbonyl (C=O) groups excluding carboxylic acids is 1. The Balaban J connectivity index is 2.18. The van der Waals surface area contributed by atoms with Crippen LogP contribution in [-0.4, -0.2) is 20.9 Å². The molecule has 0 unspecified atom stereocenters. The highest BCUT2D eigenvalue weighted by molar-refractivity contribution is 6.33. The van der Waals surface area contributed by atoms with Crippen LogP contribution in [-0.2, 0) is 0 Å². The number of carbonyl (C=O) groups is 1. The molecule has 0 aliphatic carbocycles. The fourth-order valence-electron chi connectivity index (χ4n) is 1.07. The monoisotopic (exact) mass is 234 g/mol. The first-order valence-electron chi connectivity index (χ1n) is 4.45. The predicted octanol–water partition coefficient (Wildman–Crippen LogP) is 1.78. The van der Waals surface area contributed by atoms with Gasteiger partial charge in [0.25, 0.3) is 5.91 Å². The summed E-state index contributed by atoms with van der Waals surface area (Å²) in [6, 6.07) is 3.32. The minimum Gasteiger partial charge on any atom is -0.304 e. The summed E-state index contributed by atoms with van der Waals surface area (Å²) >= 11 is 5.84. The van der Waals surface area contributed by atoms with E-state index in [1.54, 1.807) is 12.1 Å². The molecule has 80 valence electrons. The molecule has 0 aliphatic heterocycles. The zero-order valence-electron chi connectivity index (χ0n) is 8.09. The van der Waals surface area contributed by atoms with Crippen molar-refractivity contribution in [3.63, 3.8) is 0 Å².